The molecule has 2 unspecified atom stereocenters. The monoisotopic (exact) mass is 261 g/mol. The maximum absolute atomic E-state index is 11.7. The van der Waals surface area contributed by atoms with Crippen molar-refractivity contribution in [3.63, 3.8) is 0 Å². The highest BCUT2D eigenvalue weighted by Gasteiger charge is 2.43. The van der Waals surface area contributed by atoms with Gasteiger partial charge in [-0.1, -0.05) is 29.8 Å². The van der Waals surface area contributed by atoms with E-state index in [4.69, 9.17) is 0 Å². The van der Waals surface area contributed by atoms with Crippen LogP contribution in [0.15, 0.2) is 24.3 Å². The van der Waals surface area contributed by atoms with E-state index >= 15 is 0 Å². The second-order valence-corrected chi connectivity index (χ2v) is 6.00. The van der Waals surface area contributed by atoms with Crippen LogP contribution >= 0.6 is 0 Å². The highest BCUT2D eigenvalue weighted by atomic mass is 16.3. The molecular formula is C16H23NO2. The Morgan fingerprint density at radius 2 is 2.16 bits per heavy atom. The fourth-order valence-corrected chi connectivity index (χ4v) is 3.03. The van der Waals surface area contributed by atoms with E-state index in [1.54, 1.807) is 0 Å². The van der Waals surface area contributed by atoms with E-state index in [1.807, 2.05) is 50.2 Å². The summed E-state index contributed by atoms with van der Waals surface area (Å²) in [6, 6.07) is 8.03. The van der Waals surface area contributed by atoms with Gasteiger partial charge in [0.05, 0.1) is 5.60 Å². The smallest absolute Gasteiger partial charge is 0.133 e. The summed E-state index contributed by atoms with van der Waals surface area (Å²) in [7, 11) is 3.96. The number of aryl methyl sites for hydroxylation is 1. The average Bonchev–Trinajstić information content (AvgIpc) is 2.33. The van der Waals surface area contributed by atoms with Crippen LogP contribution < -0.4 is 0 Å². The van der Waals surface area contributed by atoms with E-state index in [0.717, 1.165) is 17.7 Å². The number of hydrogen-bond donors (Lipinski definition) is 1. The molecule has 1 N–H and O–H groups in total. The van der Waals surface area contributed by atoms with Gasteiger partial charge in [0.1, 0.15) is 5.78 Å². The van der Waals surface area contributed by atoms with Crippen molar-refractivity contribution < 1.29 is 9.90 Å². The van der Waals surface area contributed by atoms with Gasteiger partial charge in [0.2, 0.25) is 0 Å². The van der Waals surface area contributed by atoms with Crippen molar-refractivity contribution in [2.24, 2.45) is 5.92 Å². The van der Waals surface area contributed by atoms with Crippen LogP contribution in [0.2, 0.25) is 0 Å². The van der Waals surface area contributed by atoms with E-state index in [2.05, 4.69) is 0 Å². The number of aliphatic hydroxyl groups is 1. The van der Waals surface area contributed by atoms with Crippen molar-refractivity contribution in [1.82, 2.24) is 4.90 Å². The summed E-state index contributed by atoms with van der Waals surface area (Å²) >= 11 is 0. The van der Waals surface area contributed by atoms with Crippen molar-refractivity contribution in [3.05, 3.63) is 35.4 Å². The standard InChI is InChI=1S/C16H23NO2/c1-12-5-4-6-13(9-12)16(19)8-7-15(18)10-14(16)11-17(2)3/h4-6,9,14,19H,7-8,10-11H2,1-3H3. The number of carbonyl (C=O) groups is 1. The largest absolute Gasteiger partial charge is 0.385 e. The molecule has 0 heterocycles. The molecule has 0 amide bonds. The molecule has 3 heteroatoms. The maximum atomic E-state index is 11.7. The zero-order valence-corrected chi connectivity index (χ0v) is 12.0. The molecular weight excluding hydrogens is 238 g/mol. The van der Waals surface area contributed by atoms with Gasteiger partial charge in [-0.15, -0.1) is 0 Å². The minimum atomic E-state index is -0.871. The van der Waals surface area contributed by atoms with E-state index in [9.17, 15) is 9.90 Å². The van der Waals surface area contributed by atoms with Crippen molar-refractivity contribution in [2.45, 2.75) is 31.8 Å². The zero-order chi connectivity index (χ0) is 14.0. The van der Waals surface area contributed by atoms with Gasteiger partial charge in [-0.3, -0.25) is 4.79 Å². The van der Waals surface area contributed by atoms with E-state index in [1.165, 1.54) is 0 Å². The molecule has 2 atom stereocenters. The SMILES string of the molecule is Cc1cccc(C2(O)CCC(=O)CC2CN(C)C)c1. The Morgan fingerprint density at radius 1 is 1.42 bits per heavy atom. The minimum absolute atomic E-state index is 0.0226. The van der Waals surface area contributed by atoms with Gasteiger partial charge in [0.25, 0.3) is 0 Å². The molecule has 0 bridgehead atoms. The first-order valence-electron chi connectivity index (χ1n) is 6.88. The molecule has 3 nitrogen and oxygen atoms in total. The number of rotatable bonds is 3. The van der Waals surface area contributed by atoms with Gasteiger partial charge >= 0.3 is 0 Å². The Morgan fingerprint density at radius 3 is 2.79 bits per heavy atom. The van der Waals surface area contributed by atoms with E-state index in [-0.39, 0.29) is 11.7 Å². The normalized spacial score (nSPS) is 27.8. The highest BCUT2D eigenvalue weighted by Crippen LogP contribution is 2.40. The topological polar surface area (TPSA) is 40.5 Å². The van der Waals surface area contributed by atoms with Crippen LogP contribution in [0.5, 0.6) is 0 Å². The quantitative estimate of drug-likeness (QED) is 0.906. The van der Waals surface area contributed by atoms with Gasteiger partial charge in [-0.25, -0.2) is 0 Å². The number of hydrogen-bond acceptors (Lipinski definition) is 3. The van der Waals surface area contributed by atoms with Gasteiger partial charge in [0.15, 0.2) is 0 Å². The lowest BCUT2D eigenvalue weighted by Gasteiger charge is -2.41. The van der Waals surface area contributed by atoms with Crippen LogP contribution in [-0.2, 0) is 10.4 Å². The Balaban J connectivity index is 2.34. The lowest BCUT2D eigenvalue weighted by atomic mass is 9.70. The number of Topliss-reactive ketones (excluding diaryl/α,β-unsaturated/α-hetero) is 1. The van der Waals surface area contributed by atoms with Gasteiger partial charge in [-0.05, 0) is 33.0 Å². The molecule has 1 aliphatic rings. The number of benzene rings is 1. The Labute approximate surface area is 115 Å². The second kappa shape index (κ2) is 5.43. The van der Waals surface area contributed by atoms with Gasteiger partial charge in [-0.2, -0.15) is 0 Å². The number of carbonyl (C=O) groups excluding carboxylic acids is 1. The van der Waals surface area contributed by atoms with Crippen LogP contribution in [0.4, 0.5) is 0 Å². The predicted molar refractivity (Wildman–Crippen MR) is 76.0 cm³/mol. The first-order chi connectivity index (χ1) is 8.91. The fraction of sp³-hybridized carbons (Fsp3) is 0.562. The third kappa shape index (κ3) is 3.04. The third-order valence-electron chi connectivity index (χ3n) is 4.04. The lowest BCUT2D eigenvalue weighted by Crippen LogP contribution is -2.45. The number of nitrogens with zero attached hydrogens (tertiary/aromatic N) is 1. The molecule has 0 radical (unpaired) electrons. The molecule has 2 rings (SSSR count). The minimum Gasteiger partial charge on any atom is -0.385 e. The Bertz CT molecular complexity index is 470. The van der Waals surface area contributed by atoms with Crippen LogP contribution in [0.3, 0.4) is 0 Å². The predicted octanol–water partition coefficient (Wildman–Crippen LogP) is 2.11. The first kappa shape index (κ1) is 14.2. The molecule has 1 fully saturated rings. The fourth-order valence-electron chi connectivity index (χ4n) is 3.03. The average molecular weight is 261 g/mol. The molecule has 1 aromatic carbocycles. The summed E-state index contributed by atoms with van der Waals surface area (Å²) < 4.78 is 0. The molecule has 19 heavy (non-hydrogen) atoms. The lowest BCUT2D eigenvalue weighted by molar-refractivity contribution is -0.133. The Kier molecular flexibility index (Phi) is 4.07. The van der Waals surface area contributed by atoms with E-state index in [0.29, 0.717) is 19.3 Å². The molecule has 1 saturated carbocycles. The van der Waals surface area contributed by atoms with Crippen molar-refractivity contribution in [1.29, 1.82) is 0 Å². The molecule has 1 aromatic rings. The van der Waals surface area contributed by atoms with Gasteiger partial charge in [0, 0.05) is 25.3 Å². The maximum Gasteiger partial charge on any atom is 0.133 e. The molecule has 0 saturated heterocycles. The Hall–Kier alpha value is -1.19. The summed E-state index contributed by atoms with van der Waals surface area (Å²) in [4.78, 5) is 13.8. The third-order valence-corrected chi connectivity index (χ3v) is 4.04. The van der Waals surface area contributed by atoms with Crippen molar-refractivity contribution in [2.75, 3.05) is 20.6 Å². The van der Waals surface area contributed by atoms with Crippen LogP contribution in [0, 0.1) is 12.8 Å². The molecule has 0 spiro atoms. The molecule has 104 valence electrons. The first-order valence-corrected chi connectivity index (χ1v) is 6.88. The van der Waals surface area contributed by atoms with Crippen LogP contribution in [0.25, 0.3) is 0 Å². The summed E-state index contributed by atoms with van der Waals surface area (Å²) in [5.41, 5.74) is 1.22. The van der Waals surface area contributed by atoms with Crippen molar-refractivity contribution in [3.8, 4) is 0 Å². The zero-order valence-electron chi connectivity index (χ0n) is 12.0. The molecule has 0 aromatic heterocycles. The number of ketones is 1. The summed E-state index contributed by atoms with van der Waals surface area (Å²) in [5.74, 6) is 0.245. The molecule has 0 aliphatic heterocycles. The summed E-state index contributed by atoms with van der Waals surface area (Å²) in [5, 5.41) is 11.1. The van der Waals surface area contributed by atoms with Crippen LogP contribution in [0.1, 0.15) is 30.4 Å². The summed E-state index contributed by atoms with van der Waals surface area (Å²) in [6.07, 6.45) is 1.49. The highest BCUT2D eigenvalue weighted by molar-refractivity contribution is 5.80. The summed E-state index contributed by atoms with van der Waals surface area (Å²) in [6.45, 7) is 2.76. The van der Waals surface area contributed by atoms with Crippen LogP contribution in [-0.4, -0.2) is 36.4 Å². The second-order valence-electron chi connectivity index (χ2n) is 6.00. The van der Waals surface area contributed by atoms with Crippen molar-refractivity contribution >= 4 is 5.78 Å². The molecule has 1 aliphatic carbocycles. The van der Waals surface area contributed by atoms with E-state index < -0.39 is 5.60 Å². The van der Waals surface area contributed by atoms with Gasteiger partial charge < -0.3 is 10.0 Å².